The molecular weight excluding hydrogens is 246 g/mol. The van der Waals surface area contributed by atoms with E-state index in [9.17, 15) is 10.1 Å². The van der Waals surface area contributed by atoms with Gasteiger partial charge in [-0.1, -0.05) is 19.8 Å². The van der Waals surface area contributed by atoms with Crippen LogP contribution in [0, 0.1) is 16.0 Å². The van der Waals surface area contributed by atoms with Gasteiger partial charge in [0.15, 0.2) is 0 Å². The standard InChI is InChI=1S/C12H19N5O2/c1-2-6-14-12-15-8-10(17(18)19)11(16-12)13-7-5-9-3-4-9/h8-9H,2-7H2,1H3,(H2,13,14,15,16). The van der Waals surface area contributed by atoms with E-state index in [4.69, 9.17) is 0 Å². The first-order chi connectivity index (χ1) is 9.20. The van der Waals surface area contributed by atoms with Crippen molar-refractivity contribution in [3.8, 4) is 0 Å². The first-order valence-corrected chi connectivity index (χ1v) is 6.70. The molecule has 19 heavy (non-hydrogen) atoms. The van der Waals surface area contributed by atoms with E-state index in [0.29, 0.717) is 11.8 Å². The highest BCUT2D eigenvalue weighted by atomic mass is 16.6. The fraction of sp³-hybridized carbons (Fsp3) is 0.667. The van der Waals surface area contributed by atoms with Crippen molar-refractivity contribution in [1.82, 2.24) is 9.97 Å². The van der Waals surface area contributed by atoms with Gasteiger partial charge >= 0.3 is 5.69 Å². The van der Waals surface area contributed by atoms with Gasteiger partial charge in [-0.15, -0.1) is 0 Å². The first kappa shape index (κ1) is 13.5. The van der Waals surface area contributed by atoms with Crippen molar-refractivity contribution in [3.05, 3.63) is 16.3 Å². The summed E-state index contributed by atoms with van der Waals surface area (Å²) >= 11 is 0. The molecule has 0 saturated heterocycles. The lowest BCUT2D eigenvalue weighted by Crippen LogP contribution is -2.10. The second-order valence-electron chi connectivity index (χ2n) is 4.77. The molecular formula is C12H19N5O2. The fourth-order valence-corrected chi connectivity index (χ4v) is 1.76. The number of hydrogen-bond acceptors (Lipinski definition) is 6. The van der Waals surface area contributed by atoms with E-state index in [1.807, 2.05) is 6.92 Å². The number of rotatable bonds is 8. The summed E-state index contributed by atoms with van der Waals surface area (Å²) < 4.78 is 0. The summed E-state index contributed by atoms with van der Waals surface area (Å²) in [7, 11) is 0. The molecule has 0 unspecified atom stereocenters. The van der Waals surface area contributed by atoms with E-state index < -0.39 is 4.92 Å². The average molecular weight is 265 g/mol. The zero-order valence-electron chi connectivity index (χ0n) is 11.1. The van der Waals surface area contributed by atoms with Crippen molar-refractivity contribution < 1.29 is 4.92 Å². The summed E-state index contributed by atoms with van der Waals surface area (Å²) in [6.07, 6.45) is 5.79. The van der Waals surface area contributed by atoms with Crippen LogP contribution in [0.1, 0.15) is 32.6 Å². The molecule has 1 heterocycles. The lowest BCUT2D eigenvalue weighted by atomic mass is 10.3. The summed E-state index contributed by atoms with van der Waals surface area (Å²) in [5, 5.41) is 17.0. The lowest BCUT2D eigenvalue weighted by Gasteiger charge is -2.08. The molecule has 2 rings (SSSR count). The maximum Gasteiger partial charge on any atom is 0.329 e. The van der Waals surface area contributed by atoms with Crippen LogP contribution in [0.3, 0.4) is 0 Å². The van der Waals surface area contributed by atoms with Crippen molar-refractivity contribution >= 4 is 17.5 Å². The van der Waals surface area contributed by atoms with Crippen molar-refractivity contribution in [2.45, 2.75) is 32.6 Å². The van der Waals surface area contributed by atoms with Gasteiger partial charge in [-0.3, -0.25) is 10.1 Å². The molecule has 1 aliphatic rings. The Morgan fingerprint density at radius 2 is 2.21 bits per heavy atom. The summed E-state index contributed by atoms with van der Waals surface area (Å²) in [4.78, 5) is 18.6. The largest absolute Gasteiger partial charge is 0.364 e. The summed E-state index contributed by atoms with van der Waals surface area (Å²) in [5.41, 5.74) is -0.0714. The second kappa shape index (κ2) is 6.31. The Balaban J connectivity index is 2.02. The molecule has 0 spiro atoms. The lowest BCUT2D eigenvalue weighted by molar-refractivity contribution is -0.384. The van der Waals surface area contributed by atoms with Crippen molar-refractivity contribution in [2.75, 3.05) is 23.7 Å². The summed E-state index contributed by atoms with van der Waals surface area (Å²) in [5.74, 6) is 1.52. The molecule has 1 aliphatic carbocycles. The van der Waals surface area contributed by atoms with Crippen LogP contribution in [-0.2, 0) is 0 Å². The number of nitrogens with zero attached hydrogens (tertiary/aromatic N) is 3. The first-order valence-electron chi connectivity index (χ1n) is 6.70. The van der Waals surface area contributed by atoms with E-state index in [2.05, 4.69) is 20.6 Å². The third-order valence-electron chi connectivity index (χ3n) is 3.04. The molecule has 0 atom stereocenters. The van der Waals surface area contributed by atoms with Crippen LogP contribution in [0.2, 0.25) is 0 Å². The Bertz CT molecular complexity index is 448. The van der Waals surface area contributed by atoms with Crippen LogP contribution >= 0.6 is 0 Å². The van der Waals surface area contributed by atoms with Gasteiger partial charge in [0.2, 0.25) is 11.8 Å². The average Bonchev–Trinajstić information content (AvgIpc) is 3.20. The smallest absolute Gasteiger partial charge is 0.329 e. The Morgan fingerprint density at radius 3 is 2.84 bits per heavy atom. The molecule has 104 valence electrons. The molecule has 0 bridgehead atoms. The van der Waals surface area contributed by atoms with E-state index in [1.165, 1.54) is 19.0 Å². The van der Waals surface area contributed by atoms with Crippen LogP contribution < -0.4 is 10.6 Å². The molecule has 7 nitrogen and oxygen atoms in total. The number of nitro groups is 1. The minimum atomic E-state index is -0.455. The number of anilines is 2. The quantitative estimate of drug-likeness (QED) is 0.554. The molecule has 0 amide bonds. The normalized spacial score (nSPS) is 14.2. The maximum absolute atomic E-state index is 10.9. The number of nitrogens with one attached hydrogen (secondary N) is 2. The van der Waals surface area contributed by atoms with Crippen LogP contribution in [0.5, 0.6) is 0 Å². The molecule has 0 radical (unpaired) electrons. The molecule has 2 N–H and O–H groups in total. The van der Waals surface area contributed by atoms with Crippen LogP contribution in [0.4, 0.5) is 17.5 Å². The van der Waals surface area contributed by atoms with Crippen LogP contribution in [0.15, 0.2) is 6.20 Å². The van der Waals surface area contributed by atoms with Crippen molar-refractivity contribution in [2.24, 2.45) is 5.92 Å². The van der Waals surface area contributed by atoms with Crippen molar-refractivity contribution in [3.63, 3.8) is 0 Å². The highest BCUT2D eigenvalue weighted by Crippen LogP contribution is 2.32. The van der Waals surface area contributed by atoms with E-state index >= 15 is 0 Å². The molecule has 1 aromatic rings. The Morgan fingerprint density at radius 1 is 1.42 bits per heavy atom. The maximum atomic E-state index is 10.9. The van der Waals surface area contributed by atoms with Gasteiger partial charge in [0, 0.05) is 13.1 Å². The van der Waals surface area contributed by atoms with Gasteiger partial charge in [0.1, 0.15) is 6.20 Å². The zero-order valence-corrected chi connectivity index (χ0v) is 11.1. The third kappa shape index (κ3) is 4.04. The molecule has 0 aliphatic heterocycles. The highest BCUT2D eigenvalue weighted by Gasteiger charge is 2.22. The molecule has 7 heteroatoms. The SMILES string of the molecule is CCCNc1ncc([N+](=O)[O-])c(NCCC2CC2)n1. The van der Waals surface area contributed by atoms with Gasteiger partial charge in [-0.2, -0.15) is 4.98 Å². The van der Waals surface area contributed by atoms with E-state index in [1.54, 1.807) is 0 Å². The van der Waals surface area contributed by atoms with Crippen LogP contribution in [-0.4, -0.2) is 28.0 Å². The van der Waals surface area contributed by atoms with E-state index in [-0.39, 0.29) is 5.69 Å². The minimum Gasteiger partial charge on any atom is -0.364 e. The van der Waals surface area contributed by atoms with Gasteiger partial charge < -0.3 is 10.6 Å². The monoisotopic (exact) mass is 265 g/mol. The predicted octanol–water partition coefficient (Wildman–Crippen LogP) is 2.42. The third-order valence-corrected chi connectivity index (χ3v) is 3.04. The highest BCUT2D eigenvalue weighted by molar-refractivity contribution is 5.56. The molecule has 1 aromatic heterocycles. The Hall–Kier alpha value is -1.92. The van der Waals surface area contributed by atoms with Gasteiger partial charge in [0.25, 0.3) is 0 Å². The minimum absolute atomic E-state index is 0.0714. The zero-order chi connectivity index (χ0) is 13.7. The molecule has 0 aromatic carbocycles. The van der Waals surface area contributed by atoms with Crippen molar-refractivity contribution in [1.29, 1.82) is 0 Å². The fourth-order valence-electron chi connectivity index (χ4n) is 1.76. The van der Waals surface area contributed by atoms with Crippen LogP contribution in [0.25, 0.3) is 0 Å². The van der Waals surface area contributed by atoms with Gasteiger partial charge in [-0.05, 0) is 18.8 Å². The van der Waals surface area contributed by atoms with Gasteiger partial charge in [-0.25, -0.2) is 4.98 Å². The second-order valence-corrected chi connectivity index (χ2v) is 4.77. The number of aromatic nitrogens is 2. The van der Waals surface area contributed by atoms with Gasteiger partial charge in [0.05, 0.1) is 4.92 Å². The summed E-state index contributed by atoms with van der Waals surface area (Å²) in [6.45, 7) is 3.50. The summed E-state index contributed by atoms with van der Waals surface area (Å²) in [6, 6.07) is 0. The topological polar surface area (TPSA) is 93.0 Å². The number of hydrogen-bond donors (Lipinski definition) is 2. The molecule has 1 fully saturated rings. The Kier molecular flexibility index (Phi) is 4.48. The molecule has 1 saturated carbocycles. The predicted molar refractivity (Wildman–Crippen MR) is 73.3 cm³/mol. The van der Waals surface area contributed by atoms with E-state index in [0.717, 1.165) is 31.8 Å². The Labute approximate surface area is 112 Å².